The molecule has 0 radical (unpaired) electrons. The van der Waals surface area contributed by atoms with Gasteiger partial charge >= 0.3 is 0 Å². The molecule has 0 rings (SSSR count). The second-order valence-corrected chi connectivity index (χ2v) is 4.90. The Labute approximate surface area is 92.8 Å². The van der Waals surface area contributed by atoms with E-state index in [2.05, 4.69) is 20.8 Å². The van der Waals surface area contributed by atoms with Gasteiger partial charge in [0.1, 0.15) is 0 Å². The largest absolute Gasteiger partial charge is 0.383 e. The van der Waals surface area contributed by atoms with Gasteiger partial charge in [0, 0.05) is 33.2 Å². The molecule has 0 saturated carbocycles. The van der Waals surface area contributed by atoms with Gasteiger partial charge in [0.15, 0.2) is 0 Å². The van der Waals surface area contributed by atoms with Crippen molar-refractivity contribution in [1.29, 1.82) is 0 Å². The van der Waals surface area contributed by atoms with Gasteiger partial charge in [0.2, 0.25) is 5.91 Å². The smallest absolute Gasteiger partial charge is 0.223 e. The second-order valence-electron chi connectivity index (χ2n) is 4.90. The van der Waals surface area contributed by atoms with Crippen LogP contribution in [-0.4, -0.2) is 44.2 Å². The van der Waals surface area contributed by atoms with Crippen molar-refractivity contribution in [1.82, 2.24) is 4.90 Å². The lowest BCUT2D eigenvalue weighted by molar-refractivity contribution is -0.133. The standard InChI is InChI=1S/C11H24N2O2/c1-11(2,3)9-10(14)13(6-5-12)7-8-15-4/h5-9,12H2,1-4H3. The summed E-state index contributed by atoms with van der Waals surface area (Å²) >= 11 is 0. The van der Waals surface area contributed by atoms with E-state index < -0.39 is 0 Å². The van der Waals surface area contributed by atoms with Crippen LogP contribution in [0.25, 0.3) is 0 Å². The topological polar surface area (TPSA) is 55.6 Å². The molecule has 0 atom stereocenters. The fraction of sp³-hybridized carbons (Fsp3) is 0.909. The summed E-state index contributed by atoms with van der Waals surface area (Å²) in [5.41, 5.74) is 5.49. The first-order valence-corrected chi connectivity index (χ1v) is 5.37. The Morgan fingerprint density at radius 1 is 1.33 bits per heavy atom. The third kappa shape index (κ3) is 7.33. The van der Waals surface area contributed by atoms with Crippen LogP contribution in [0.4, 0.5) is 0 Å². The summed E-state index contributed by atoms with van der Waals surface area (Å²) in [5, 5.41) is 0. The monoisotopic (exact) mass is 216 g/mol. The summed E-state index contributed by atoms with van der Waals surface area (Å²) < 4.78 is 4.96. The number of hydrogen-bond donors (Lipinski definition) is 1. The van der Waals surface area contributed by atoms with Crippen LogP contribution in [0.3, 0.4) is 0 Å². The maximum Gasteiger partial charge on any atom is 0.223 e. The fourth-order valence-corrected chi connectivity index (χ4v) is 1.28. The summed E-state index contributed by atoms with van der Waals surface area (Å²) in [7, 11) is 1.63. The normalized spacial score (nSPS) is 11.5. The predicted molar refractivity (Wildman–Crippen MR) is 61.6 cm³/mol. The van der Waals surface area contributed by atoms with Gasteiger partial charge in [0.05, 0.1) is 6.61 Å². The van der Waals surface area contributed by atoms with Crippen molar-refractivity contribution < 1.29 is 9.53 Å². The first-order chi connectivity index (χ1) is 6.90. The molecule has 4 heteroatoms. The summed E-state index contributed by atoms with van der Waals surface area (Å²) in [5.74, 6) is 0.157. The molecule has 15 heavy (non-hydrogen) atoms. The van der Waals surface area contributed by atoms with Gasteiger partial charge in [-0.2, -0.15) is 0 Å². The van der Waals surface area contributed by atoms with Gasteiger partial charge in [-0.1, -0.05) is 20.8 Å². The molecular formula is C11H24N2O2. The highest BCUT2D eigenvalue weighted by atomic mass is 16.5. The molecule has 0 aliphatic heterocycles. The number of hydrogen-bond acceptors (Lipinski definition) is 3. The Kier molecular flexibility index (Phi) is 6.52. The highest BCUT2D eigenvalue weighted by molar-refractivity contribution is 5.76. The molecule has 0 aromatic heterocycles. The Morgan fingerprint density at radius 2 is 1.93 bits per heavy atom. The average Bonchev–Trinajstić information content (AvgIpc) is 2.09. The molecule has 0 bridgehead atoms. The van der Waals surface area contributed by atoms with Crippen molar-refractivity contribution >= 4 is 5.91 Å². The van der Waals surface area contributed by atoms with Gasteiger partial charge in [-0.3, -0.25) is 4.79 Å². The zero-order chi connectivity index (χ0) is 11.9. The van der Waals surface area contributed by atoms with Gasteiger partial charge < -0.3 is 15.4 Å². The first-order valence-electron chi connectivity index (χ1n) is 5.37. The molecule has 0 spiro atoms. The number of nitrogens with two attached hydrogens (primary N) is 1. The molecule has 0 heterocycles. The lowest BCUT2D eigenvalue weighted by Crippen LogP contribution is -2.39. The minimum atomic E-state index is 0.0248. The van der Waals surface area contributed by atoms with Crippen LogP contribution in [0, 0.1) is 5.41 Å². The Bertz CT molecular complexity index is 188. The maximum atomic E-state index is 11.9. The second kappa shape index (κ2) is 6.80. The van der Waals surface area contributed by atoms with Gasteiger partial charge in [-0.05, 0) is 5.41 Å². The van der Waals surface area contributed by atoms with Crippen LogP contribution in [0.15, 0.2) is 0 Å². The first kappa shape index (κ1) is 14.4. The summed E-state index contributed by atoms with van der Waals surface area (Å²) in [6, 6.07) is 0. The lowest BCUT2D eigenvalue weighted by Gasteiger charge is -2.26. The van der Waals surface area contributed by atoms with E-state index in [4.69, 9.17) is 10.5 Å². The minimum absolute atomic E-state index is 0.0248. The van der Waals surface area contributed by atoms with E-state index in [1.807, 2.05) is 0 Å². The Hall–Kier alpha value is -0.610. The number of methoxy groups -OCH3 is 1. The SMILES string of the molecule is COCCN(CCN)C(=O)CC(C)(C)C. The minimum Gasteiger partial charge on any atom is -0.383 e. The Balaban J connectivity index is 4.15. The van der Waals surface area contributed by atoms with Crippen LogP contribution in [-0.2, 0) is 9.53 Å². The predicted octanol–water partition coefficient (Wildman–Crippen LogP) is 0.856. The van der Waals surface area contributed by atoms with Crippen molar-refractivity contribution in [3.63, 3.8) is 0 Å². The van der Waals surface area contributed by atoms with Gasteiger partial charge in [0.25, 0.3) is 0 Å². The molecule has 0 aromatic carbocycles. The van der Waals surface area contributed by atoms with E-state index in [1.165, 1.54) is 0 Å². The number of ether oxygens (including phenoxy) is 1. The van der Waals surface area contributed by atoms with Crippen LogP contribution >= 0.6 is 0 Å². The number of amides is 1. The highest BCUT2D eigenvalue weighted by Crippen LogP contribution is 2.19. The van der Waals surface area contributed by atoms with Crippen molar-refractivity contribution in [2.45, 2.75) is 27.2 Å². The molecule has 0 aliphatic rings. The quantitative estimate of drug-likeness (QED) is 0.716. The number of carbonyl (C=O) groups excluding carboxylic acids is 1. The van der Waals surface area contributed by atoms with Crippen LogP contribution in [0.5, 0.6) is 0 Å². The maximum absolute atomic E-state index is 11.9. The molecule has 90 valence electrons. The zero-order valence-corrected chi connectivity index (χ0v) is 10.4. The molecule has 2 N–H and O–H groups in total. The average molecular weight is 216 g/mol. The van der Waals surface area contributed by atoms with E-state index in [9.17, 15) is 4.79 Å². The van der Waals surface area contributed by atoms with Crippen molar-refractivity contribution in [3.8, 4) is 0 Å². The number of carbonyl (C=O) groups is 1. The third-order valence-electron chi connectivity index (χ3n) is 2.00. The molecule has 0 aliphatic carbocycles. The molecule has 0 fully saturated rings. The van der Waals surface area contributed by atoms with E-state index >= 15 is 0 Å². The van der Waals surface area contributed by atoms with E-state index in [-0.39, 0.29) is 11.3 Å². The molecule has 4 nitrogen and oxygen atoms in total. The Morgan fingerprint density at radius 3 is 2.33 bits per heavy atom. The van der Waals surface area contributed by atoms with Gasteiger partial charge in [-0.15, -0.1) is 0 Å². The molecular weight excluding hydrogens is 192 g/mol. The molecule has 0 aromatic rings. The highest BCUT2D eigenvalue weighted by Gasteiger charge is 2.20. The summed E-state index contributed by atoms with van der Waals surface area (Å²) in [6.45, 7) is 8.47. The van der Waals surface area contributed by atoms with E-state index in [1.54, 1.807) is 12.0 Å². The van der Waals surface area contributed by atoms with Crippen molar-refractivity contribution in [3.05, 3.63) is 0 Å². The zero-order valence-electron chi connectivity index (χ0n) is 10.4. The van der Waals surface area contributed by atoms with E-state index in [0.717, 1.165) is 0 Å². The summed E-state index contributed by atoms with van der Waals surface area (Å²) in [6.07, 6.45) is 0.552. The molecule has 1 amide bonds. The van der Waals surface area contributed by atoms with Crippen molar-refractivity contribution in [2.75, 3.05) is 33.4 Å². The lowest BCUT2D eigenvalue weighted by atomic mass is 9.91. The van der Waals surface area contributed by atoms with Crippen LogP contribution in [0.2, 0.25) is 0 Å². The van der Waals surface area contributed by atoms with Crippen LogP contribution < -0.4 is 5.73 Å². The van der Waals surface area contributed by atoms with Gasteiger partial charge in [-0.25, -0.2) is 0 Å². The third-order valence-corrected chi connectivity index (χ3v) is 2.00. The van der Waals surface area contributed by atoms with E-state index in [0.29, 0.717) is 32.7 Å². The van der Waals surface area contributed by atoms with Crippen molar-refractivity contribution in [2.24, 2.45) is 11.1 Å². The molecule has 0 unspecified atom stereocenters. The summed E-state index contributed by atoms with van der Waals surface area (Å²) in [4.78, 5) is 13.6. The molecule has 0 saturated heterocycles. The number of rotatable bonds is 6. The number of nitrogens with zero attached hydrogens (tertiary/aromatic N) is 1. The fourth-order valence-electron chi connectivity index (χ4n) is 1.28. The van der Waals surface area contributed by atoms with Crippen LogP contribution in [0.1, 0.15) is 27.2 Å².